The van der Waals surface area contributed by atoms with Crippen molar-refractivity contribution in [2.45, 2.75) is 13.3 Å². The lowest BCUT2D eigenvalue weighted by Crippen LogP contribution is -2.33. The normalized spacial score (nSPS) is 11.0. The molecule has 118 valence electrons. The van der Waals surface area contributed by atoms with Gasteiger partial charge in [0.05, 0.1) is 6.42 Å². The summed E-state index contributed by atoms with van der Waals surface area (Å²) in [6.07, 6.45) is 0.575. The zero-order valence-corrected chi connectivity index (χ0v) is 13.5. The third-order valence-electron chi connectivity index (χ3n) is 3.35. The van der Waals surface area contributed by atoms with Crippen LogP contribution in [-0.4, -0.2) is 60.1 Å². The number of carbonyl (C=O) groups excluding carboxylic acids is 1. The van der Waals surface area contributed by atoms with Gasteiger partial charge < -0.3 is 14.2 Å². The van der Waals surface area contributed by atoms with Gasteiger partial charge in [-0.3, -0.25) is 4.79 Å². The Morgan fingerprint density at radius 1 is 1.09 bits per heavy atom. The molecule has 6 heteroatoms. The summed E-state index contributed by atoms with van der Waals surface area (Å²) in [6.45, 7) is 3.31. The predicted octanol–water partition coefficient (Wildman–Crippen LogP) is 1.60. The van der Waals surface area contributed by atoms with Gasteiger partial charge in [0.1, 0.15) is 0 Å². The number of hydrogen-bond acceptors (Lipinski definition) is 5. The molecule has 0 aliphatic carbocycles. The van der Waals surface area contributed by atoms with Gasteiger partial charge in [0, 0.05) is 32.6 Å². The van der Waals surface area contributed by atoms with Gasteiger partial charge in [0.15, 0.2) is 0 Å². The van der Waals surface area contributed by atoms with Crippen LogP contribution >= 0.6 is 0 Å². The Bertz CT molecular complexity index is 619. The molecule has 1 aromatic heterocycles. The van der Waals surface area contributed by atoms with Crippen molar-refractivity contribution in [1.29, 1.82) is 0 Å². The van der Waals surface area contributed by atoms with Gasteiger partial charge in [-0.05, 0) is 31.8 Å². The summed E-state index contributed by atoms with van der Waals surface area (Å²) in [6, 6.07) is 7.53. The Hall–Kier alpha value is -2.21. The van der Waals surface area contributed by atoms with E-state index in [1.165, 1.54) is 0 Å². The van der Waals surface area contributed by atoms with Crippen molar-refractivity contribution in [3.05, 3.63) is 47.2 Å². The van der Waals surface area contributed by atoms with Crippen molar-refractivity contribution >= 4 is 5.91 Å². The second-order valence-corrected chi connectivity index (χ2v) is 5.62. The number of aryl methyl sites for hydroxylation is 1. The summed E-state index contributed by atoms with van der Waals surface area (Å²) in [7, 11) is 5.81. The molecule has 0 aliphatic heterocycles. The van der Waals surface area contributed by atoms with Crippen LogP contribution < -0.4 is 0 Å². The number of amides is 1. The summed E-state index contributed by atoms with van der Waals surface area (Å²) < 4.78 is 5.36. The average Bonchev–Trinajstić information content (AvgIpc) is 2.90. The van der Waals surface area contributed by atoms with Crippen LogP contribution in [0.4, 0.5) is 0 Å². The standard InChI is InChI=1S/C16H22N4O2/c1-12-17-18-15(22-12)11-13-5-7-14(8-6-13)16(21)20(4)10-9-19(2)3/h5-8H,9-11H2,1-4H3. The molecule has 0 saturated carbocycles. The Morgan fingerprint density at radius 2 is 1.77 bits per heavy atom. The fraction of sp³-hybridized carbons (Fsp3) is 0.438. The quantitative estimate of drug-likeness (QED) is 0.811. The monoisotopic (exact) mass is 302 g/mol. The van der Waals surface area contributed by atoms with Gasteiger partial charge >= 0.3 is 0 Å². The minimum Gasteiger partial charge on any atom is -0.425 e. The smallest absolute Gasteiger partial charge is 0.253 e. The lowest BCUT2D eigenvalue weighted by molar-refractivity contribution is 0.0786. The molecule has 0 fully saturated rings. The van der Waals surface area contributed by atoms with Crippen LogP contribution in [0.2, 0.25) is 0 Å². The number of carbonyl (C=O) groups is 1. The topological polar surface area (TPSA) is 62.5 Å². The lowest BCUT2D eigenvalue weighted by Gasteiger charge is -2.19. The molecule has 2 aromatic rings. The Labute approximate surface area is 130 Å². The first-order valence-electron chi connectivity index (χ1n) is 7.24. The van der Waals surface area contributed by atoms with E-state index < -0.39 is 0 Å². The maximum Gasteiger partial charge on any atom is 0.253 e. The van der Waals surface area contributed by atoms with Gasteiger partial charge in [-0.2, -0.15) is 0 Å². The number of likely N-dealkylation sites (N-methyl/N-ethyl adjacent to an activating group) is 2. The maximum atomic E-state index is 12.3. The van der Waals surface area contributed by atoms with Crippen molar-refractivity contribution < 1.29 is 9.21 Å². The minimum atomic E-state index is 0.0297. The van der Waals surface area contributed by atoms with Gasteiger partial charge in [-0.1, -0.05) is 12.1 Å². The van der Waals surface area contributed by atoms with Crippen LogP contribution in [0.15, 0.2) is 28.7 Å². The zero-order chi connectivity index (χ0) is 16.1. The van der Waals surface area contributed by atoms with E-state index in [1.54, 1.807) is 11.8 Å². The molecule has 1 heterocycles. The molecule has 0 radical (unpaired) electrons. The van der Waals surface area contributed by atoms with Gasteiger partial charge in [-0.15, -0.1) is 10.2 Å². The summed E-state index contributed by atoms with van der Waals surface area (Å²) in [5.74, 6) is 1.17. The summed E-state index contributed by atoms with van der Waals surface area (Å²) in [5, 5.41) is 7.78. The molecule has 0 spiro atoms. The highest BCUT2D eigenvalue weighted by atomic mass is 16.4. The van der Waals surface area contributed by atoms with Crippen molar-refractivity contribution in [1.82, 2.24) is 20.0 Å². The van der Waals surface area contributed by atoms with Crippen LogP contribution in [0.1, 0.15) is 27.7 Å². The molecule has 1 amide bonds. The van der Waals surface area contributed by atoms with Gasteiger partial charge in [-0.25, -0.2) is 0 Å². The third-order valence-corrected chi connectivity index (χ3v) is 3.35. The highest BCUT2D eigenvalue weighted by molar-refractivity contribution is 5.94. The van der Waals surface area contributed by atoms with E-state index in [1.807, 2.05) is 45.4 Å². The molecule has 6 nitrogen and oxygen atoms in total. The molecular weight excluding hydrogens is 280 g/mol. The Balaban J connectivity index is 1.97. The van der Waals surface area contributed by atoms with E-state index in [2.05, 4.69) is 15.1 Å². The second-order valence-electron chi connectivity index (χ2n) is 5.62. The van der Waals surface area contributed by atoms with Crippen molar-refractivity contribution in [2.75, 3.05) is 34.2 Å². The first kappa shape index (κ1) is 16.2. The Morgan fingerprint density at radius 3 is 2.32 bits per heavy atom. The number of benzene rings is 1. The largest absolute Gasteiger partial charge is 0.425 e. The molecule has 0 N–H and O–H groups in total. The molecule has 0 aliphatic rings. The molecular formula is C16H22N4O2. The third kappa shape index (κ3) is 4.39. The zero-order valence-electron chi connectivity index (χ0n) is 13.5. The SMILES string of the molecule is Cc1nnc(Cc2ccc(C(=O)N(C)CCN(C)C)cc2)o1. The number of hydrogen-bond donors (Lipinski definition) is 0. The van der Waals surface area contributed by atoms with E-state index in [0.717, 1.165) is 12.1 Å². The molecule has 0 bridgehead atoms. The molecule has 1 aromatic carbocycles. The number of aromatic nitrogens is 2. The molecule has 0 atom stereocenters. The highest BCUT2D eigenvalue weighted by Crippen LogP contribution is 2.11. The van der Waals surface area contributed by atoms with E-state index in [0.29, 0.717) is 30.3 Å². The second kappa shape index (κ2) is 7.17. The highest BCUT2D eigenvalue weighted by Gasteiger charge is 2.12. The van der Waals surface area contributed by atoms with Crippen LogP contribution in [0.5, 0.6) is 0 Å². The predicted molar refractivity (Wildman–Crippen MR) is 83.8 cm³/mol. The minimum absolute atomic E-state index is 0.0297. The lowest BCUT2D eigenvalue weighted by atomic mass is 10.1. The van der Waals surface area contributed by atoms with E-state index >= 15 is 0 Å². The first-order valence-corrected chi connectivity index (χ1v) is 7.24. The Kier molecular flexibility index (Phi) is 5.27. The summed E-state index contributed by atoms with van der Waals surface area (Å²) >= 11 is 0. The maximum absolute atomic E-state index is 12.3. The molecule has 22 heavy (non-hydrogen) atoms. The van der Waals surface area contributed by atoms with Crippen LogP contribution in [0, 0.1) is 6.92 Å². The van der Waals surface area contributed by atoms with Gasteiger partial charge in [0.25, 0.3) is 5.91 Å². The number of rotatable bonds is 6. The molecule has 0 unspecified atom stereocenters. The molecule has 0 saturated heterocycles. The fourth-order valence-corrected chi connectivity index (χ4v) is 2.02. The summed E-state index contributed by atoms with van der Waals surface area (Å²) in [4.78, 5) is 16.1. The summed E-state index contributed by atoms with van der Waals surface area (Å²) in [5.41, 5.74) is 1.72. The molecule has 2 rings (SSSR count). The first-order chi connectivity index (χ1) is 10.5. The van der Waals surface area contributed by atoms with Crippen LogP contribution in [-0.2, 0) is 6.42 Å². The van der Waals surface area contributed by atoms with E-state index in [-0.39, 0.29) is 5.91 Å². The van der Waals surface area contributed by atoms with Crippen molar-refractivity contribution in [3.8, 4) is 0 Å². The fourth-order valence-electron chi connectivity index (χ4n) is 2.02. The van der Waals surface area contributed by atoms with Crippen molar-refractivity contribution in [2.24, 2.45) is 0 Å². The van der Waals surface area contributed by atoms with Gasteiger partial charge in [0.2, 0.25) is 11.8 Å². The van der Waals surface area contributed by atoms with Crippen LogP contribution in [0.25, 0.3) is 0 Å². The van der Waals surface area contributed by atoms with Crippen molar-refractivity contribution in [3.63, 3.8) is 0 Å². The number of nitrogens with zero attached hydrogens (tertiary/aromatic N) is 4. The van der Waals surface area contributed by atoms with Crippen LogP contribution in [0.3, 0.4) is 0 Å². The van der Waals surface area contributed by atoms with E-state index in [9.17, 15) is 4.79 Å². The average molecular weight is 302 g/mol. The van der Waals surface area contributed by atoms with E-state index in [4.69, 9.17) is 4.42 Å².